The number of aliphatic hydroxyl groups excluding tert-OH is 1. The SMILES string of the molecule is NN(CCCO)CCCNCCNCCC=O. The summed E-state index contributed by atoms with van der Waals surface area (Å²) in [5.74, 6) is 5.70. The lowest BCUT2D eigenvalue weighted by atomic mass is 10.3. The predicted octanol–water partition coefficient (Wildman–Crippen LogP) is -1.30. The summed E-state index contributed by atoms with van der Waals surface area (Å²) >= 11 is 0. The molecule has 0 bridgehead atoms. The van der Waals surface area contributed by atoms with Crippen LogP contribution in [-0.2, 0) is 4.79 Å². The highest BCUT2D eigenvalue weighted by Crippen LogP contribution is 1.85. The van der Waals surface area contributed by atoms with Crippen molar-refractivity contribution in [3.8, 4) is 0 Å². The maximum absolute atomic E-state index is 10.0. The Morgan fingerprint density at radius 2 is 1.71 bits per heavy atom. The summed E-state index contributed by atoms with van der Waals surface area (Å²) in [5.41, 5.74) is 0. The molecule has 0 aliphatic rings. The zero-order valence-corrected chi connectivity index (χ0v) is 10.5. The Morgan fingerprint density at radius 1 is 1.06 bits per heavy atom. The molecule has 102 valence electrons. The van der Waals surface area contributed by atoms with Gasteiger partial charge in [-0.1, -0.05) is 0 Å². The molecule has 0 unspecified atom stereocenters. The lowest BCUT2D eigenvalue weighted by Crippen LogP contribution is -2.35. The van der Waals surface area contributed by atoms with Gasteiger partial charge in [-0.25, -0.2) is 5.01 Å². The minimum Gasteiger partial charge on any atom is -0.396 e. The first kappa shape index (κ1) is 16.5. The van der Waals surface area contributed by atoms with Gasteiger partial charge in [0.25, 0.3) is 0 Å². The number of aliphatic hydroxyl groups is 1. The summed E-state index contributed by atoms with van der Waals surface area (Å²) in [7, 11) is 0. The van der Waals surface area contributed by atoms with Crippen molar-refractivity contribution < 1.29 is 9.90 Å². The molecule has 0 aliphatic carbocycles. The first-order valence-corrected chi connectivity index (χ1v) is 6.27. The topological polar surface area (TPSA) is 90.6 Å². The largest absolute Gasteiger partial charge is 0.396 e. The Labute approximate surface area is 104 Å². The Hall–Kier alpha value is -0.530. The highest BCUT2D eigenvalue weighted by Gasteiger charge is 1.97. The van der Waals surface area contributed by atoms with Gasteiger partial charge in [0, 0.05) is 45.8 Å². The lowest BCUT2D eigenvalue weighted by molar-refractivity contribution is -0.107. The molecule has 0 saturated heterocycles. The van der Waals surface area contributed by atoms with Gasteiger partial charge in [-0.2, -0.15) is 0 Å². The summed E-state index contributed by atoms with van der Waals surface area (Å²) in [4.78, 5) is 10.0. The minimum absolute atomic E-state index is 0.193. The smallest absolute Gasteiger partial charge is 0.121 e. The fourth-order valence-electron chi connectivity index (χ4n) is 1.38. The molecule has 0 rings (SSSR count). The molecule has 0 heterocycles. The van der Waals surface area contributed by atoms with Crippen LogP contribution in [0.15, 0.2) is 0 Å². The van der Waals surface area contributed by atoms with Crippen molar-refractivity contribution in [1.82, 2.24) is 15.6 Å². The Bertz CT molecular complexity index is 170. The molecule has 6 nitrogen and oxygen atoms in total. The normalized spacial score (nSPS) is 11.0. The standard InChI is InChI=1S/C11H26N4O2/c12-15(9-3-11-17)8-1-4-13-6-7-14-5-2-10-16/h10,13-14,17H,1-9,11-12H2. The zero-order chi connectivity index (χ0) is 12.8. The zero-order valence-electron chi connectivity index (χ0n) is 10.5. The van der Waals surface area contributed by atoms with Gasteiger partial charge < -0.3 is 20.5 Å². The Kier molecular flexibility index (Phi) is 13.1. The summed E-state index contributed by atoms with van der Waals surface area (Å²) in [6.07, 6.45) is 3.22. The van der Waals surface area contributed by atoms with Crippen LogP contribution < -0.4 is 16.5 Å². The van der Waals surface area contributed by atoms with Crippen LogP contribution in [0.4, 0.5) is 0 Å². The van der Waals surface area contributed by atoms with Gasteiger partial charge in [0.05, 0.1) is 0 Å². The van der Waals surface area contributed by atoms with Gasteiger partial charge in [-0.15, -0.1) is 0 Å². The number of nitrogens with zero attached hydrogens (tertiary/aromatic N) is 1. The van der Waals surface area contributed by atoms with Crippen molar-refractivity contribution >= 4 is 6.29 Å². The minimum atomic E-state index is 0.193. The van der Waals surface area contributed by atoms with Crippen LogP contribution in [-0.4, -0.2) is 62.3 Å². The van der Waals surface area contributed by atoms with Gasteiger partial charge >= 0.3 is 0 Å². The quantitative estimate of drug-likeness (QED) is 0.140. The molecule has 0 amide bonds. The van der Waals surface area contributed by atoms with E-state index in [1.807, 2.05) is 0 Å². The number of aldehydes is 1. The molecule has 17 heavy (non-hydrogen) atoms. The van der Waals surface area contributed by atoms with Gasteiger partial charge in [-0.05, 0) is 19.4 Å². The number of carbonyl (C=O) groups is 1. The van der Waals surface area contributed by atoms with Gasteiger partial charge in [0.1, 0.15) is 6.29 Å². The maximum atomic E-state index is 10.0. The fourth-order valence-corrected chi connectivity index (χ4v) is 1.38. The molecule has 6 heteroatoms. The van der Waals surface area contributed by atoms with Crippen molar-refractivity contribution in [3.05, 3.63) is 0 Å². The van der Waals surface area contributed by atoms with Crippen molar-refractivity contribution in [2.45, 2.75) is 19.3 Å². The van der Waals surface area contributed by atoms with Crippen LogP contribution in [0.1, 0.15) is 19.3 Å². The molecule has 0 atom stereocenters. The second kappa shape index (κ2) is 13.5. The number of hydrazine groups is 1. The molecule has 0 aromatic heterocycles. The van der Waals surface area contributed by atoms with E-state index in [0.29, 0.717) is 6.42 Å². The summed E-state index contributed by atoms with van der Waals surface area (Å²) in [5, 5.41) is 16.8. The Morgan fingerprint density at radius 3 is 2.35 bits per heavy atom. The number of rotatable bonds is 13. The van der Waals surface area contributed by atoms with Crippen molar-refractivity contribution in [2.24, 2.45) is 5.84 Å². The third-order valence-electron chi connectivity index (χ3n) is 2.32. The van der Waals surface area contributed by atoms with E-state index in [2.05, 4.69) is 10.6 Å². The van der Waals surface area contributed by atoms with E-state index in [4.69, 9.17) is 10.9 Å². The second-order valence-corrected chi connectivity index (χ2v) is 3.92. The van der Waals surface area contributed by atoms with E-state index in [9.17, 15) is 4.79 Å². The van der Waals surface area contributed by atoms with Crippen LogP contribution in [0.5, 0.6) is 0 Å². The van der Waals surface area contributed by atoms with Gasteiger partial charge in [-0.3, -0.25) is 5.84 Å². The third kappa shape index (κ3) is 13.4. The fraction of sp³-hybridized carbons (Fsp3) is 0.909. The monoisotopic (exact) mass is 246 g/mol. The molecule has 0 fully saturated rings. The van der Waals surface area contributed by atoms with Crippen LogP contribution in [0, 0.1) is 0 Å². The first-order chi connectivity index (χ1) is 8.31. The van der Waals surface area contributed by atoms with E-state index < -0.39 is 0 Å². The lowest BCUT2D eigenvalue weighted by Gasteiger charge is -2.15. The third-order valence-corrected chi connectivity index (χ3v) is 2.32. The summed E-state index contributed by atoms with van der Waals surface area (Å²) in [6.45, 7) is 5.24. The Balaban J connectivity index is 3.04. The molecular formula is C11H26N4O2. The molecule has 0 aromatic rings. The van der Waals surface area contributed by atoms with E-state index in [1.54, 1.807) is 5.01 Å². The van der Waals surface area contributed by atoms with Crippen LogP contribution in [0.25, 0.3) is 0 Å². The van der Waals surface area contributed by atoms with E-state index in [-0.39, 0.29) is 6.61 Å². The van der Waals surface area contributed by atoms with Crippen LogP contribution in [0.2, 0.25) is 0 Å². The molecule has 5 N–H and O–H groups in total. The van der Waals surface area contributed by atoms with Crippen LogP contribution >= 0.6 is 0 Å². The number of hydrogen-bond donors (Lipinski definition) is 4. The number of carbonyl (C=O) groups excluding carboxylic acids is 1. The maximum Gasteiger partial charge on any atom is 0.121 e. The molecule has 0 radical (unpaired) electrons. The van der Waals surface area contributed by atoms with Crippen molar-refractivity contribution in [3.63, 3.8) is 0 Å². The number of hydrogen-bond acceptors (Lipinski definition) is 6. The van der Waals surface area contributed by atoms with Gasteiger partial charge in [0.2, 0.25) is 0 Å². The van der Waals surface area contributed by atoms with E-state index in [0.717, 1.165) is 58.4 Å². The van der Waals surface area contributed by atoms with E-state index >= 15 is 0 Å². The van der Waals surface area contributed by atoms with E-state index in [1.165, 1.54) is 0 Å². The van der Waals surface area contributed by atoms with Crippen LogP contribution in [0.3, 0.4) is 0 Å². The summed E-state index contributed by atoms with van der Waals surface area (Å²) in [6, 6.07) is 0. The molecule has 0 spiro atoms. The number of nitrogens with two attached hydrogens (primary N) is 1. The average Bonchev–Trinajstić information content (AvgIpc) is 2.34. The molecule has 0 aliphatic heterocycles. The first-order valence-electron chi connectivity index (χ1n) is 6.27. The van der Waals surface area contributed by atoms with Gasteiger partial charge in [0.15, 0.2) is 0 Å². The predicted molar refractivity (Wildman–Crippen MR) is 68.5 cm³/mol. The molecular weight excluding hydrogens is 220 g/mol. The molecule has 0 saturated carbocycles. The number of nitrogens with one attached hydrogen (secondary N) is 2. The van der Waals surface area contributed by atoms with Crippen molar-refractivity contribution in [2.75, 3.05) is 45.9 Å². The average molecular weight is 246 g/mol. The highest BCUT2D eigenvalue weighted by molar-refractivity contribution is 5.49. The molecule has 0 aromatic carbocycles. The summed E-state index contributed by atoms with van der Waals surface area (Å²) < 4.78 is 0. The second-order valence-electron chi connectivity index (χ2n) is 3.92. The highest BCUT2D eigenvalue weighted by atomic mass is 16.3. The van der Waals surface area contributed by atoms with Crippen molar-refractivity contribution in [1.29, 1.82) is 0 Å².